The van der Waals surface area contributed by atoms with Crippen molar-refractivity contribution < 1.29 is 0 Å². The first-order chi connectivity index (χ1) is 5.26. The van der Waals surface area contributed by atoms with Gasteiger partial charge in [0.2, 0.25) is 0 Å². The highest BCUT2D eigenvalue weighted by molar-refractivity contribution is 4.65. The molecule has 0 aromatic rings. The molecule has 0 aliphatic carbocycles. The Morgan fingerprint density at radius 2 is 1.73 bits per heavy atom. The molecule has 0 aliphatic rings. The smallest absolute Gasteiger partial charge is 0.00182 e. The molecule has 0 amide bonds. The van der Waals surface area contributed by atoms with Crippen LogP contribution in [0.4, 0.5) is 0 Å². The molecule has 0 aromatic heterocycles. The largest absolute Gasteiger partial charge is 0.317 e. The van der Waals surface area contributed by atoms with E-state index in [1.807, 2.05) is 0 Å². The fraction of sp³-hybridized carbons (Fsp3) is 1.00. The SMILES string of the molecule is CCNCC(CC)C(C)CC. The second kappa shape index (κ2) is 6.66. The molecule has 1 N–H and O–H groups in total. The molecule has 0 aromatic carbocycles. The van der Waals surface area contributed by atoms with E-state index in [1.165, 1.54) is 19.4 Å². The minimum Gasteiger partial charge on any atom is -0.317 e. The van der Waals surface area contributed by atoms with Crippen LogP contribution in [-0.4, -0.2) is 13.1 Å². The fourth-order valence-corrected chi connectivity index (χ4v) is 1.41. The molecular weight excluding hydrogens is 134 g/mol. The van der Waals surface area contributed by atoms with Crippen molar-refractivity contribution in [2.45, 2.75) is 40.5 Å². The second-order valence-electron chi connectivity index (χ2n) is 3.36. The number of hydrogen-bond donors (Lipinski definition) is 1. The minimum atomic E-state index is 0.874. The molecule has 68 valence electrons. The minimum absolute atomic E-state index is 0.874. The van der Waals surface area contributed by atoms with Crippen LogP contribution in [0.3, 0.4) is 0 Å². The van der Waals surface area contributed by atoms with Crippen LogP contribution < -0.4 is 5.32 Å². The predicted molar refractivity (Wildman–Crippen MR) is 51.8 cm³/mol. The molecule has 2 unspecified atom stereocenters. The average Bonchev–Trinajstić information content (AvgIpc) is 2.05. The molecule has 0 radical (unpaired) electrons. The van der Waals surface area contributed by atoms with Crippen LogP contribution in [-0.2, 0) is 0 Å². The zero-order valence-corrected chi connectivity index (χ0v) is 8.48. The van der Waals surface area contributed by atoms with Crippen molar-refractivity contribution in [3.63, 3.8) is 0 Å². The van der Waals surface area contributed by atoms with E-state index in [2.05, 4.69) is 33.0 Å². The lowest BCUT2D eigenvalue weighted by Crippen LogP contribution is -2.26. The van der Waals surface area contributed by atoms with E-state index in [0.29, 0.717) is 0 Å². The van der Waals surface area contributed by atoms with E-state index in [4.69, 9.17) is 0 Å². The van der Waals surface area contributed by atoms with Crippen LogP contribution in [0.1, 0.15) is 40.5 Å². The third kappa shape index (κ3) is 4.41. The summed E-state index contributed by atoms with van der Waals surface area (Å²) in [6.45, 7) is 11.4. The highest BCUT2D eigenvalue weighted by Crippen LogP contribution is 2.17. The normalized spacial score (nSPS) is 16.4. The van der Waals surface area contributed by atoms with Crippen LogP contribution >= 0.6 is 0 Å². The van der Waals surface area contributed by atoms with Gasteiger partial charge in [0.1, 0.15) is 0 Å². The van der Waals surface area contributed by atoms with Gasteiger partial charge in [-0.05, 0) is 24.9 Å². The van der Waals surface area contributed by atoms with Crippen molar-refractivity contribution in [1.29, 1.82) is 0 Å². The summed E-state index contributed by atoms with van der Waals surface area (Å²) in [5, 5.41) is 3.41. The third-order valence-corrected chi connectivity index (χ3v) is 2.63. The van der Waals surface area contributed by atoms with Gasteiger partial charge in [0.15, 0.2) is 0 Å². The first kappa shape index (κ1) is 11.0. The summed E-state index contributed by atoms with van der Waals surface area (Å²) in [7, 11) is 0. The van der Waals surface area contributed by atoms with E-state index in [-0.39, 0.29) is 0 Å². The number of nitrogens with one attached hydrogen (secondary N) is 1. The molecular formula is C10H23N. The summed E-state index contributed by atoms with van der Waals surface area (Å²) in [5.74, 6) is 1.75. The molecule has 0 fully saturated rings. The lowest BCUT2D eigenvalue weighted by molar-refractivity contribution is 0.325. The van der Waals surface area contributed by atoms with Gasteiger partial charge in [-0.3, -0.25) is 0 Å². The Balaban J connectivity index is 3.56. The summed E-state index contributed by atoms with van der Waals surface area (Å²) >= 11 is 0. The maximum absolute atomic E-state index is 3.41. The highest BCUT2D eigenvalue weighted by Gasteiger charge is 2.11. The highest BCUT2D eigenvalue weighted by atomic mass is 14.8. The van der Waals surface area contributed by atoms with Gasteiger partial charge in [-0.2, -0.15) is 0 Å². The number of rotatable bonds is 6. The van der Waals surface area contributed by atoms with Crippen molar-refractivity contribution in [2.24, 2.45) is 11.8 Å². The van der Waals surface area contributed by atoms with E-state index in [9.17, 15) is 0 Å². The van der Waals surface area contributed by atoms with Crippen molar-refractivity contribution in [3.8, 4) is 0 Å². The van der Waals surface area contributed by atoms with Gasteiger partial charge in [0, 0.05) is 0 Å². The molecule has 0 rings (SSSR count). The zero-order chi connectivity index (χ0) is 8.69. The Bertz CT molecular complexity index is 80.9. The summed E-state index contributed by atoms with van der Waals surface area (Å²) in [5.41, 5.74) is 0. The quantitative estimate of drug-likeness (QED) is 0.625. The zero-order valence-electron chi connectivity index (χ0n) is 8.48. The Labute approximate surface area is 71.6 Å². The Morgan fingerprint density at radius 3 is 2.09 bits per heavy atom. The lowest BCUT2D eigenvalue weighted by Gasteiger charge is -2.21. The summed E-state index contributed by atoms with van der Waals surface area (Å²) in [6, 6.07) is 0. The van der Waals surface area contributed by atoms with Gasteiger partial charge in [-0.15, -0.1) is 0 Å². The maximum Gasteiger partial charge on any atom is -0.00182 e. The first-order valence-electron chi connectivity index (χ1n) is 4.96. The van der Waals surface area contributed by atoms with Crippen molar-refractivity contribution >= 4 is 0 Å². The molecule has 11 heavy (non-hydrogen) atoms. The molecule has 0 bridgehead atoms. The standard InChI is InChI=1S/C10H23N/c1-5-9(4)10(6-2)8-11-7-3/h9-11H,5-8H2,1-4H3. The molecule has 0 heterocycles. The van der Waals surface area contributed by atoms with E-state index in [0.717, 1.165) is 18.4 Å². The van der Waals surface area contributed by atoms with E-state index in [1.54, 1.807) is 0 Å². The van der Waals surface area contributed by atoms with Crippen LogP contribution in [0.5, 0.6) is 0 Å². The van der Waals surface area contributed by atoms with Gasteiger partial charge in [0.25, 0.3) is 0 Å². The van der Waals surface area contributed by atoms with Gasteiger partial charge in [0.05, 0.1) is 0 Å². The van der Waals surface area contributed by atoms with Crippen molar-refractivity contribution in [3.05, 3.63) is 0 Å². The van der Waals surface area contributed by atoms with Crippen molar-refractivity contribution in [2.75, 3.05) is 13.1 Å². The molecule has 2 atom stereocenters. The third-order valence-electron chi connectivity index (χ3n) is 2.63. The maximum atomic E-state index is 3.41. The van der Waals surface area contributed by atoms with Crippen LogP contribution in [0, 0.1) is 11.8 Å². The molecule has 1 heteroatoms. The monoisotopic (exact) mass is 157 g/mol. The summed E-state index contributed by atoms with van der Waals surface area (Å²) < 4.78 is 0. The Kier molecular flexibility index (Phi) is 6.63. The van der Waals surface area contributed by atoms with Gasteiger partial charge < -0.3 is 5.32 Å². The second-order valence-corrected chi connectivity index (χ2v) is 3.36. The van der Waals surface area contributed by atoms with Crippen LogP contribution in [0.15, 0.2) is 0 Å². The first-order valence-corrected chi connectivity index (χ1v) is 4.96. The fourth-order valence-electron chi connectivity index (χ4n) is 1.41. The summed E-state index contributed by atoms with van der Waals surface area (Å²) in [4.78, 5) is 0. The molecule has 1 nitrogen and oxygen atoms in total. The molecule has 0 spiro atoms. The molecule has 0 aliphatic heterocycles. The average molecular weight is 157 g/mol. The van der Waals surface area contributed by atoms with Crippen LogP contribution in [0.2, 0.25) is 0 Å². The molecule has 0 saturated heterocycles. The predicted octanol–water partition coefficient (Wildman–Crippen LogP) is 2.67. The topological polar surface area (TPSA) is 12.0 Å². The number of hydrogen-bond acceptors (Lipinski definition) is 1. The van der Waals surface area contributed by atoms with Gasteiger partial charge in [-0.25, -0.2) is 0 Å². The van der Waals surface area contributed by atoms with E-state index >= 15 is 0 Å². The lowest BCUT2D eigenvalue weighted by atomic mass is 9.89. The van der Waals surface area contributed by atoms with E-state index < -0.39 is 0 Å². The Hall–Kier alpha value is -0.0400. The summed E-state index contributed by atoms with van der Waals surface area (Å²) in [6.07, 6.45) is 2.62. The van der Waals surface area contributed by atoms with Gasteiger partial charge >= 0.3 is 0 Å². The van der Waals surface area contributed by atoms with Gasteiger partial charge in [-0.1, -0.05) is 40.5 Å². The van der Waals surface area contributed by atoms with Crippen LogP contribution in [0.25, 0.3) is 0 Å². The molecule has 0 saturated carbocycles. The Morgan fingerprint density at radius 1 is 1.09 bits per heavy atom. The van der Waals surface area contributed by atoms with Crippen molar-refractivity contribution in [1.82, 2.24) is 5.32 Å².